The van der Waals surface area contributed by atoms with Gasteiger partial charge < -0.3 is 5.32 Å². The standard InChI is InChI=1S/C16H26N2/c1-4-17-11-14-6-5-7-15(10-14)12-18-9-8-16(2,3)13-18/h5-7,10,17H,4,8-9,11-13H2,1-3H3. The number of hydrogen-bond acceptors (Lipinski definition) is 2. The highest BCUT2D eigenvalue weighted by Crippen LogP contribution is 2.29. The van der Waals surface area contributed by atoms with Crippen molar-refractivity contribution in [2.75, 3.05) is 19.6 Å². The van der Waals surface area contributed by atoms with Crippen LogP contribution in [0.3, 0.4) is 0 Å². The molecular weight excluding hydrogens is 220 g/mol. The van der Waals surface area contributed by atoms with Crippen LogP contribution in [0.5, 0.6) is 0 Å². The Hall–Kier alpha value is -0.860. The second-order valence-corrected chi connectivity index (χ2v) is 6.23. The van der Waals surface area contributed by atoms with E-state index in [4.69, 9.17) is 0 Å². The van der Waals surface area contributed by atoms with Crippen LogP contribution in [0.1, 0.15) is 38.3 Å². The third-order valence-corrected chi connectivity index (χ3v) is 3.73. The smallest absolute Gasteiger partial charge is 0.0234 e. The Morgan fingerprint density at radius 1 is 1.28 bits per heavy atom. The zero-order valence-corrected chi connectivity index (χ0v) is 12.0. The van der Waals surface area contributed by atoms with E-state index < -0.39 is 0 Å². The molecule has 0 unspecified atom stereocenters. The molecule has 1 aromatic carbocycles. The van der Waals surface area contributed by atoms with Crippen molar-refractivity contribution in [2.45, 2.75) is 40.3 Å². The lowest BCUT2D eigenvalue weighted by Crippen LogP contribution is -2.23. The Balaban J connectivity index is 1.93. The van der Waals surface area contributed by atoms with Crippen LogP contribution in [0.2, 0.25) is 0 Å². The SMILES string of the molecule is CCNCc1cccc(CN2CCC(C)(C)C2)c1. The number of hydrogen-bond donors (Lipinski definition) is 1. The summed E-state index contributed by atoms with van der Waals surface area (Å²) in [6.45, 7) is 12.5. The van der Waals surface area contributed by atoms with Crippen molar-refractivity contribution in [1.82, 2.24) is 10.2 Å². The van der Waals surface area contributed by atoms with Gasteiger partial charge in [0.05, 0.1) is 0 Å². The Bertz CT molecular complexity index is 384. The fourth-order valence-corrected chi connectivity index (χ4v) is 2.72. The first-order chi connectivity index (χ1) is 8.59. The molecule has 1 saturated heterocycles. The van der Waals surface area contributed by atoms with E-state index in [0.29, 0.717) is 5.41 Å². The highest BCUT2D eigenvalue weighted by atomic mass is 15.1. The van der Waals surface area contributed by atoms with Crippen molar-refractivity contribution in [2.24, 2.45) is 5.41 Å². The second-order valence-electron chi connectivity index (χ2n) is 6.23. The lowest BCUT2D eigenvalue weighted by Gasteiger charge is -2.20. The van der Waals surface area contributed by atoms with Gasteiger partial charge in [0.1, 0.15) is 0 Å². The van der Waals surface area contributed by atoms with Gasteiger partial charge in [-0.2, -0.15) is 0 Å². The average Bonchev–Trinajstić information content (AvgIpc) is 2.66. The molecule has 1 aromatic rings. The van der Waals surface area contributed by atoms with E-state index in [1.54, 1.807) is 0 Å². The molecular formula is C16H26N2. The van der Waals surface area contributed by atoms with Gasteiger partial charge in [-0.1, -0.05) is 45.0 Å². The molecule has 0 amide bonds. The zero-order chi connectivity index (χ0) is 13.0. The van der Waals surface area contributed by atoms with Crippen LogP contribution >= 0.6 is 0 Å². The van der Waals surface area contributed by atoms with E-state index in [1.807, 2.05) is 0 Å². The summed E-state index contributed by atoms with van der Waals surface area (Å²) < 4.78 is 0. The molecule has 0 saturated carbocycles. The average molecular weight is 246 g/mol. The third kappa shape index (κ3) is 3.82. The van der Waals surface area contributed by atoms with Gasteiger partial charge in [0.15, 0.2) is 0 Å². The quantitative estimate of drug-likeness (QED) is 0.859. The summed E-state index contributed by atoms with van der Waals surface area (Å²) in [6.07, 6.45) is 1.32. The highest BCUT2D eigenvalue weighted by molar-refractivity contribution is 5.23. The zero-order valence-electron chi connectivity index (χ0n) is 12.0. The fourth-order valence-electron chi connectivity index (χ4n) is 2.72. The predicted molar refractivity (Wildman–Crippen MR) is 77.5 cm³/mol. The highest BCUT2D eigenvalue weighted by Gasteiger charge is 2.28. The molecule has 1 heterocycles. The van der Waals surface area contributed by atoms with Crippen molar-refractivity contribution in [3.8, 4) is 0 Å². The van der Waals surface area contributed by atoms with Gasteiger partial charge in [0, 0.05) is 19.6 Å². The molecule has 100 valence electrons. The molecule has 2 rings (SSSR count). The van der Waals surface area contributed by atoms with Gasteiger partial charge in [-0.15, -0.1) is 0 Å². The Kier molecular flexibility index (Phi) is 4.41. The van der Waals surface area contributed by atoms with Crippen molar-refractivity contribution >= 4 is 0 Å². The lowest BCUT2D eigenvalue weighted by molar-refractivity contribution is 0.284. The molecule has 0 aromatic heterocycles. The lowest BCUT2D eigenvalue weighted by atomic mass is 9.93. The summed E-state index contributed by atoms with van der Waals surface area (Å²) in [5.74, 6) is 0. The molecule has 0 radical (unpaired) electrons. The predicted octanol–water partition coefficient (Wildman–Crippen LogP) is 3.03. The summed E-state index contributed by atoms with van der Waals surface area (Å²) >= 11 is 0. The molecule has 2 heteroatoms. The van der Waals surface area contributed by atoms with E-state index in [9.17, 15) is 0 Å². The van der Waals surface area contributed by atoms with Crippen LogP contribution < -0.4 is 5.32 Å². The summed E-state index contributed by atoms with van der Waals surface area (Å²) in [4.78, 5) is 2.58. The number of rotatable bonds is 5. The molecule has 1 aliphatic rings. The minimum atomic E-state index is 0.501. The maximum atomic E-state index is 3.38. The van der Waals surface area contributed by atoms with Crippen molar-refractivity contribution < 1.29 is 0 Å². The maximum absolute atomic E-state index is 3.38. The molecule has 1 fully saturated rings. The molecule has 0 bridgehead atoms. The van der Waals surface area contributed by atoms with Crippen LogP contribution in [0.4, 0.5) is 0 Å². The monoisotopic (exact) mass is 246 g/mol. The summed E-state index contributed by atoms with van der Waals surface area (Å²) in [5, 5.41) is 3.38. The van der Waals surface area contributed by atoms with Gasteiger partial charge in [0.2, 0.25) is 0 Å². The summed E-state index contributed by atoms with van der Waals surface area (Å²) in [6, 6.07) is 8.98. The van der Waals surface area contributed by atoms with E-state index >= 15 is 0 Å². The molecule has 1 N–H and O–H groups in total. The minimum Gasteiger partial charge on any atom is -0.313 e. The maximum Gasteiger partial charge on any atom is 0.0234 e. The first kappa shape index (κ1) is 13.6. The van der Waals surface area contributed by atoms with Gasteiger partial charge in [-0.3, -0.25) is 4.90 Å². The molecule has 18 heavy (non-hydrogen) atoms. The normalized spacial score (nSPS) is 19.3. The summed E-state index contributed by atoms with van der Waals surface area (Å²) in [5.41, 5.74) is 3.34. The number of benzene rings is 1. The van der Waals surface area contributed by atoms with Crippen molar-refractivity contribution in [3.63, 3.8) is 0 Å². The van der Waals surface area contributed by atoms with E-state index in [-0.39, 0.29) is 0 Å². The van der Waals surface area contributed by atoms with Crippen LogP contribution in [-0.2, 0) is 13.1 Å². The van der Waals surface area contributed by atoms with Crippen LogP contribution in [0.15, 0.2) is 24.3 Å². The van der Waals surface area contributed by atoms with E-state index in [0.717, 1.165) is 19.6 Å². The fraction of sp³-hybridized carbons (Fsp3) is 0.625. The van der Waals surface area contributed by atoms with Gasteiger partial charge >= 0.3 is 0 Å². The van der Waals surface area contributed by atoms with E-state index in [1.165, 1.54) is 30.6 Å². The first-order valence-corrected chi connectivity index (χ1v) is 7.10. The Morgan fingerprint density at radius 2 is 2.06 bits per heavy atom. The molecule has 1 aliphatic heterocycles. The number of nitrogens with zero attached hydrogens (tertiary/aromatic N) is 1. The van der Waals surface area contributed by atoms with Crippen molar-refractivity contribution in [1.29, 1.82) is 0 Å². The van der Waals surface area contributed by atoms with Gasteiger partial charge in [-0.25, -0.2) is 0 Å². The van der Waals surface area contributed by atoms with Gasteiger partial charge in [0.25, 0.3) is 0 Å². The first-order valence-electron chi connectivity index (χ1n) is 7.10. The molecule has 0 atom stereocenters. The second kappa shape index (κ2) is 5.85. The minimum absolute atomic E-state index is 0.501. The molecule has 2 nitrogen and oxygen atoms in total. The Morgan fingerprint density at radius 3 is 2.72 bits per heavy atom. The largest absolute Gasteiger partial charge is 0.313 e. The molecule has 0 spiro atoms. The van der Waals surface area contributed by atoms with E-state index in [2.05, 4.69) is 55.3 Å². The molecule has 0 aliphatic carbocycles. The van der Waals surface area contributed by atoms with Crippen LogP contribution in [-0.4, -0.2) is 24.5 Å². The topological polar surface area (TPSA) is 15.3 Å². The van der Waals surface area contributed by atoms with Crippen LogP contribution in [0, 0.1) is 5.41 Å². The Labute approximate surface area is 111 Å². The third-order valence-electron chi connectivity index (χ3n) is 3.73. The van der Waals surface area contributed by atoms with Crippen LogP contribution in [0.25, 0.3) is 0 Å². The summed E-state index contributed by atoms with van der Waals surface area (Å²) in [7, 11) is 0. The number of nitrogens with one attached hydrogen (secondary N) is 1. The van der Waals surface area contributed by atoms with Gasteiger partial charge in [-0.05, 0) is 36.1 Å². The number of likely N-dealkylation sites (tertiary alicyclic amines) is 1. The van der Waals surface area contributed by atoms with Crippen molar-refractivity contribution in [3.05, 3.63) is 35.4 Å².